The Hall–Kier alpha value is -2.87. The highest BCUT2D eigenvalue weighted by Gasteiger charge is 2.18. The predicted octanol–water partition coefficient (Wildman–Crippen LogP) is 5.71. The molecule has 2 nitrogen and oxygen atoms in total. The fourth-order valence-corrected chi connectivity index (χ4v) is 4.17. The maximum atomic E-state index is 11.1. The average molecular weight is 386 g/mol. The van der Waals surface area contributed by atoms with Gasteiger partial charge in [0.2, 0.25) is 0 Å². The van der Waals surface area contributed by atoms with E-state index >= 15 is 0 Å². The third kappa shape index (κ3) is 4.76. The molecule has 0 aromatic heterocycles. The van der Waals surface area contributed by atoms with Crippen LogP contribution >= 0.6 is 0 Å². The zero-order valence-corrected chi connectivity index (χ0v) is 18.1. The van der Waals surface area contributed by atoms with Gasteiger partial charge in [-0.25, -0.2) is 0 Å². The van der Waals surface area contributed by atoms with E-state index in [0.29, 0.717) is 6.42 Å². The summed E-state index contributed by atoms with van der Waals surface area (Å²) in [6.07, 6.45) is 10.6. The van der Waals surface area contributed by atoms with Crippen molar-refractivity contribution < 1.29 is 4.79 Å². The van der Waals surface area contributed by atoms with E-state index < -0.39 is 0 Å². The lowest BCUT2D eigenvalue weighted by molar-refractivity contribution is -0.107. The lowest BCUT2D eigenvalue weighted by Crippen LogP contribution is -2.05. The molecule has 2 aromatic carbocycles. The smallest absolute Gasteiger partial charge is 0.124 e. The topological polar surface area (TPSA) is 20.3 Å². The van der Waals surface area contributed by atoms with Crippen molar-refractivity contribution in [3.05, 3.63) is 94.2 Å². The number of hydrogen-bond donors (Lipinski definition) is 0. The second-order valence-electron chi connectivity index (χ2n) is 8.15. The van der Waals surface area contributed by atoms with Crippen LogP contribution < -0.4 is 0 Å². The van der Waals surface area contributed by atoms with E-state index in [1.54, 1.807) is 0 Å². The lowest BCUT2D eigenvalue weighted by atomic mass is 9.89. The largest absolute Gasteiger partial charge is 0.383 e. The van der Waals surface area contributed by atoms with Crippen LogP contribution in [0, 0.1) is 13.8 Å². The van der Waals surface area contributed by atoms with Gasteiger partial charge in [0.1, 0.15) is 6.29 Å². The number of allylic oxidation sites excluding steroid dienone is 4. The zero-order chi connectivity index (χ0) is 21.0. The van der Waals surface area contributed by atoms with Crippen LogP contribution in [0.15, 0.2) is 55.3 Å². The summed E-state index contributed by atoms with van der Waals surface area (Å²) in [7, 11) is 4.06. The third-order valence-electron chi connectivity index (χ3n) is 5.64. The van der Waals surface area contributed by atoms with Crippen LogP contribution in [0.3, 0.4) is 0 Å². The van der Waals surface area contributed by atoms with Crippen LogP contribution in [-0.4, -0.2) is 25.3 Å². The molecule has 0 saturated heterocycles. The second-order valence-corrected chi connectivity index (χ2v) is 8.15. The van der Waals surface area contributed by atoms with Gasteiger partial charge in [0.25, 0.3) is 0 Å². The van der Waals surface area contributed by atoms with Gasteiger partial charge in [0.05, 0.1) is 0 Å². The maximum absolute atomic E-state index is 11.1. The van der Waals surface area contributed by atoms with Crippen molar-refractivity contribution in [2.45, 2.75) is 39.5 Å². The highest BCUT2D eigenvalue weighted by molar-refractivity contribution is 5.85. The van der Waals surface area contributed by atoms with Crippen LogP contribution in [0.1, 0.15) is 45.4 Å². The first-order valence-corrected chi connectivity index (χ1v) is 10.3. The van der Waals surface area contributed by atoms with E-state index in [2.05, 4.69) is 67.9 Å². The van der Waals surface area contributed by atoms with Gasteiger partial charge in [0, 0.05) is 26.7 Å². The molecule has 0 bridgehead atoms. The van der Waals surface area contributed by atoms with Crippen LogP contribution in [-0.2, 0) is 24.1 Å². The molecule has 2 aromatic rings. The van der Waals surface area contributed by atoms with Crippen LogP contribution in [0.4, 0.5) is 0 Å². The Morgan fingerprint density at radius 2 is 1.86 bits per heavy atom. The van der Waals surface area contributed by atoms with Crippen molar-refractivity contribution in [3.8, 4) is 0 Å². The van der Waals surface area contributed by atoms with Gasteiger partial charge < -0.3 is 9.69 Å². The number of aldehydes is 1. The number of rotatable bonds is 8. The van der Waals surface area contributed by atoms with E-state index in [0.717, 1.165) is 36.7 Å². The lowest BCUT2D eigenvalue weighted by Gasteiger charge is -2.17. The quantitative estimate of drug-likeness (QED) is 0.429. The summed E-state index contributed by atoms with van der Waals surface area (Å²) < 4.78 is 0. The second kappa shape index (κ2) is 9.09. The van der Waals surface area contributed by atoms with Crippen molar-refractivity contribution in [2.75, 3.05) is 14.1 Å². The monoisotopic (exact) mass is 385 g/mol. The third-order valence-corrected chi connectivity index (χ3v) is 5.64. The molecule has 0 unspecified atom stereocenters. The number of aryl methyl sites for hydroxylation is 4. The molecule has 0 fully saturated rings. The van der Waals surface area contributed by atoms with Crippen molar-refractivity contribution in [2.24, 2.45) is 0 Å². The molecule has 3 rings (SSSR count). The Morgan fingerprint density at radius 3 is 2.52 bits per heavy atom. The molecule has 0 amide bonds. The molecule has 29 heavy (non-hydrogen) atoms. The standard InChI is InChI=1S/C27H31NO/c1-6-21(18-28(4)5)26-17-27-23(13-14-29)10-12-25(27)16-24(26)11-9-22-8-7-19(2)15-20(22)3/h6-8,10,14-18H,1,9,11-13H2,2-5H3/b21-18+. The molecule has 1 aliphatic rings. The number of nitrogens with zero attached hydrogens (tertiary/aromatic N) is 1. The summed E-state index contributed by atoms with van der Waals surface area (Å²) in [5.74, 6) is 0. The minimum Gasteiger partial charge on any atom is -0.383 e. The number of carbonyl (C=O) groups is 1. The minimum absolute atomic E-state index is 0.481. The number of benzene rings is 2. The molecule has 0 aliphatic heterocycles. The molecule has 0 saturated carbocycles. The summed E-state index contributed by atoms with van der Waals surface area (Å²) in [6.45, 7) is 8.39. The van der Waals surface area contributed by atoms with Gasteiger partial charge in [-0.1, -0.05) is 48.6 Å². The fourth-order valence-electron chi connectivity index (χ4n) is 4.17. The number of fused-ring (bicyclic) bond motifs is 1. The first-order valence-electron chi connectivity index (χ1n) is 10.3. The first-order chi connectivity index (χ1) is 13.9. The molecule has 2 heteroatoms. The van der Waals surface area contributed by atoms with E-state index in [9.17, 15) is 4.79 Å². The van der Waals surface area contributed by atoms with E-state index in [4.69, 9.17) is 0 Å². The summed E-state index contributed by atoms with van der Waals surface area (Å²) in [5, 5.41) is 0. The van der Waals surface area contributed by atoms with Crippen molar-refractivity contribution in [1.29, 1.82) is 0 Å². The Labute approximate surface area is 175 Å². The Bertz CT molecular complexity index is 992. The molecule has 0 radical (unpaired) electrons. The predicted molar refractivity (Wildman–Crippen MR) is 124 cm³/mol. The Morgan fingerprint density at radius 1 is 1.10 bits per heavy atom. The molecule has 0 atom stereocenters. The van der Waals surface area contributed by atoms with Gasteiger partial charge in [-0.3, -0.25) is 0 Å². The van der Waals surface area contributed by atoms with Gasteiger partial charge in [-0.2, -0.15) is 0 Å². The summed E-state index contributed by atoms with van der Waals surface area (Å²) in [6, 6.07) is 11.3. The fraction of sp³-hybridized carbons (Fsp3) is 0.296. The molecule has 0 N–H and O–H groups in total. The summed E-state index contributed by atoms with van der Waals surface area (Å²) in [5.41, 5.74) is 11.4. The van der Waals surface area contributed by atoms with Crippen molar-refractivity contribution in [3.63, 3.8) is 0 Å². The summed E-state index contributed by atoms with van der Waals surface area (Å²) in [4.78, 5) is 13.2. The molecule has 0 heterocycles. The van der Waals surface area contributed by atoms with Crippen LogP contribution in [0.2, 0.25) is 0 Å². The van der Waals surface area contributed by atoms with Gasteiger partial charge in [0.15, 0.2) is 0 Å². The van der Waals surface area contributed by atoms with Crippen LogP contribution in [0.5, 0.6) is 0 Å². The normalized spacial score (nSPS) is 13.1. The molecule has 0 spiro atoms. The molecule has 150 valence electrons. The molecular formula is C27H31NO. The van der Waals surface area contributed by atoms with Gasteiger partial charge in [-0.05, 0) is 83.7 Å². The first kappa shape index (κ1) is 20.9. The SMILES string of the molecule is C=C/C(=C\N(C)C)c1cc2c(cc1CCc1ccc(C)cc1C)CC=C2CC=O. The Balaban J connectivity index is 2.01. The Kier molecular flexibility index (Phi) is 6.53. The highest BCUT2D eigenvalue weighted by Crippen LogP contribution is 2.35. The van der Waals surface area contributed by atoms with Crippen molar-refractivity contribution >= 4 is 17.4 Å². The number of carbonyl (C=O) groups excluding carboxylic acids is 1. The molecular weight excluding hydrogens is 354 g/mol. The minimum atomic E-state index is 0.481. The van der Waals surface area contributed by atoms with E-state index in [1.165, 1.54) is 38.9 Å². The van der Waals surface area contributed by atoms with Gasteiger partial charge in [-0.15, -0.1) is 0 Å². The van der Waals surface area contributed by atoms with Crippen molar-refractivity contribution in [1.82, 2.24) is 4.90 Å². The molecule has 1 aliphatic carbocycles. The van der Waals surface area contributed by atoms with E-state index in [-0.39, 0.29) is 0 Å². The maximum Gasteiger partial charge on any atom is 0.124 e. The van der Waals surface area contributed by atoms with Crippen LogP contribution in [0.25, 0.3) is 11.1 Å². The highest BCUT2D eigenvalue weighted by atomic mass is 16.1. The van der Waals surface area contributed by atoms with Gasteiger partial charge >= 0.3 is 0 Å². The number of hydrogen-bond acceptors (Lipinski definition) is 2. The summed E-state index contributed by atoms with van der Waals surface area (Å²) >= 11 is 0. The van der Waals surface area contributed by atoms with E-state index in [1.807, 2.05) is 20.2 Å². The zero-order valence-electron chi connectivity index (χ0n) is 18.1. The average Bonchev–Trinajstić information content (AvgIpc) is 3.07.